The first-order valence-corrected chi connectivity index (χ1v) is 4.85. The Bertz CT molecular complexity index is 482. The summed E-state index contributed by atoms with van der Waals surface area (Å²) in [7, 11) is 1.89. The van der Waals surface area contributed by atoms with E-state index in [1.165, 1.54) is 6.33 Å². The van der Waals surface area contributed by atoms with Gasteiger partial charge in [-0.2, -0.15) is 0 Å². The van der Waals surface area contributed by atoms with Crippen molar-refractivity contribution in [2.45, 2.75) is 13.5 Å². The number of aromatic nitrogens is 3. The van der Waals surface area contributed by atoms with E-state index in [0.717, 1.165) is 11.5 Å². The number of anilines is 2. The molecule has 16 heavy (non-hydrogen) atoms. The molecule has 0 amide bonds. The van der Waals surface area contributed by atoms with Gasteiger partial charge >= 0.3 is 0 Å². The molecule has 84 valence electrons. The van der Waals surface area contributed by atoms with E-state index in [9.17, 15) is 0 Å². The van der Waals surface area contributed by atoms with Crippen LogP contribution in [0.4, 0.5) is 11.5 Å². The van der Waals surface area contributed by atoms with E-state index in [-0.39, 0.29) is 0 Å². The van der Waals surface area contributed by atoms with E-state index in [1.807, 2.05) is 24.9 Å². The van der Waals surface area contributed by atoms with Crippen LogP contribution in [0.3, 0.4) is 0 Å². The van der Waals surface area contributed by atoms with Crippen molar-refractivity contribution in [3.8, 4) is 0 Å². The standard InChI is InChI=1S/C10H13N5O/c1-7-3-8(14-16-7)5-15(2)10-9(11)4-12-6-13-10/h3-4,6H,5,11H2,1-2H3. The van der Waals surface area contributed by atoms with E-state index in [2.05, 4.69) is 15.1 Å². The van der Waals surface area contributed by atoms with Gasteiger partial charge in [0.2, 0.25) is 0 Å². The van der Waals surface area contributed by atoms with Gasteiger partial charge in [-0.1, -0.05) is 5.16 Å². The molecule has 0 aliphatic heterocycles. The van der Waals surface area contributed by atoms with E-state index in [4.69, 9.17) is 10.3 Å². The molecule has 0 unspecified atom stereocenters. The van der Waals surface area contributed by atoms with Crippen molar-refractivity contribution in [3.05, 3.63) is 30.0 Å². The van der Waals surface area contributed by atoms with Gasteiger partial charge in [-0.05, 0) is 6.92 Å². The second-order valence-electron chi connectivity index (χ2n) is 3.59. The molecular weight excluding hydrogens is 206 g/mol. The third-order valence-corrected chi connectivity index (χ3v) is 2.16. The average molecular weight is 219 g/mol. The van der Waals surface area contributed by atoms with Crippen molar-refractivity contribution >= 4 is 11.5 Å². The molecule has 0 spiro atoms. The predicted octanol–water partition coefficient (Wildman–Crippen LogP) is 0.992. The second kappa shape index (κ2) is 4.18. The summed E-state index contributed by atoms with van der Waals surface area (Å²) < 4.78 is 4.99. The molecule has 0 saturated carbocycles. The molecule has 0 saturated heterocycles. The van der Waals surface area contributed by atoms with Crippen molar-refractivity contribution < 1.29 is 4.52 Å². The van der Waals surface area contributed by atoms with Crippen LogP contribution in [0, 0.1) is 6.92 Å². The summed E-state index contributed by atoms with van der Waals surface area (Å²) in [4.78, 5) is 9.85. The first-order chi connectivity index (χ1) is 7.66. The zero-order chi connectivity index (χ0) is 11.5. The molecule has 0 fully saturated rings. The van der Waals surface area contributed by atoms with Gasteiger partial charge in [0, 0.05) is 13.1 Å². The van der Waals surface area contributed by atoms with Gasteiger partial charge in [-0.25, -0.2) is 9.97 Å². The predicted molar refractivity (Wildman–Crippen MR) is 59.8 cm³/mol. The molecule has 6 nitrogen and oxygen atoms in total. The highest BCUT2D eigenvalue weighted by atomic mass is 16.5. The average Bonchev–Trinajstić information content (AvgIpc) is 2.64. The lowest BCUT2D eigenvalue weighted by molar-refractivity contribution is 0.390. The lowest BCUT2D eigenvalue weighted by atomic mass is 10.3. The third kappa shape index (κ3) is 2.10. The molecule has 0 aliphatic rings. The number of hydrogen-bond donors (Lipinski definition) is 1. The topological polar surface area (TPSA) is 81.1 Å². The summed E-state index contributed by atoms with van der Waals surface area (Å²) in [5, 5.41) is 3.91. The number of hydrogen-bond acceptors (Lipinski definition) is 6. The Balaban J connectivity index is 2.14. The van der Waals surface area contributed by atoms with Gasteiger partial charge < -0.3 is 15.2 Å². The maximum atomic E-state index is 5.77. The molecule has 0 aliphatic carbocycles. The maximum absolute atomic E-state index is 5.77. The van der Waals surface area contributed by atoms with Gasteiger partial charge in [0.15, 0.2) is 5.82 Å². The van der Waals surface area contributed by atoms with E-state index < -0.39 is 0 Å². The van der Waals surface area contributed by atoms with Gasteiger partial charge in [0.25, 0.3) is 0 Å². The van der Waals surface area contributed by atoms with E-state index in [1.54, 1.807) is 6.20 Å². The Morgan fingerprint density at radius 2 is 2.31 bits per heavy atom. The third-order valence-electron chi connectivity index (χ3n) is 2.16. The molecule has 2 rings (SSSR count). The Morgan fingerprint density at radius 3 is 2.94 bits per heavy atom. The number of aryl methyl sites for hydroxylation is 1. The van der Waals surface area contributed by atoms with Gasteiger partial charge in [0.05, 0.1) is 18.4 Å². The van der Waals surface area contributed by atoms with Crippen LogP contribution in [0.5, 0.6) is 0 Å². The molecule has 2 heterocycles. The van der Waals surface area contributed by atoms with Crippen molar-refractivity contribution in [1.82, 2.24) is 15.1 Å². The maximum Gasteiger partial charge on any atom is 0.155 e. The monoisotopic (exact) mass is 219 g/mol. The first kappa shape index (κ1) is 10.4. The molecule has 2 N–H and O–H groups in total. The van der Waals surface area contributed by atoms with Crippen LogP contribution in [0.2, 0.25) is 0 Å². The van der Waals surface area contributed by atoms with Crippen LogP contribution in [0.15, 0.2) is 23.1 Å². The zero-order valence-corrected chi connectivity index (χ0v) is 9.21. The number of rotatable bonds is 3. The molecule has 0 atom stereocenters. The van der Waals surface area contributed by atoms with Crippen LogP contribution in [0.1, 0.15) is 11.5 Å². The minimum atomic E-state index is 0.546. The highest BCUT2D eigenvalue weighted by Crippen LogP contribution is 2.18. The molecule has 0 aromatic carbocycles. The Hall–Kier alpha value is -2.11. The molecule has 0 bridgehead atoms. The zero-order valence-electron chi connectivity index (χ0n) is 9.21. The fourth-order valence-electron chi connectivity index (χ4n) is 1.46. The summed E-state index contributed by atoms with van der Waals surface area (Å²) in [5.74, 6) is 1.48. The highest BCUT2D eigenvalue weighted by Gasteiger charge is 2.09. The number of nitrogen functional groups attached to an aromatic ring is 1. The van der Waals surface area contributed by atoms with Crippen LogP contribution in [0.25, 0.3) is 0 Å². The van der Waals surface area contributed by atoms with Crippen LogP contribution >= 0.6 is 0 Å². The largest absolute Gasteiger partial charge is 0.394 e. The Labute approximate surface area is 93.1 Å². The molecular formula is C10H13N5O. The Morgan fingerprint density at radius 1 is 1.50 bits per heavy atom. The number of nitrogens with two attached hydrogens (primary N) is 1. The SMILES string of the molecule is Cc1cc(CN(C)c2ncncc2N)no1. The van der Waals surface area contributed by atoms with E-state index in [0.29, 0.717) is 18.1 Å². The first-order valence-electron chi connectivity index (χ1n) is 4.85. The molecule has 2 aromatic rings. The number of nitrogens with zero attached hydrogens (tertiary/aromatic N) is 4. The molecule has 2 aromatic heterocycles. The summed E-state index contributed by atoms with van der Waals surface area (Å²) in [5.41, 5.74) is 7.16. The fraction of sp³-hybridized carbons (Fsp3) is 0.300. The van der Waals surface area contributed by atoms with Gasteiger partial charge in [0.1, 0.15) is 17.8 Å². The minimum Gasteiger partial charge on any atom is -0.394 e. The van der Waals surface area contributed by atoms with Crippen LogP contribution in [-0.2, 0) is 6.54 Å². The van der Waals surface area contributed by atoms with Crippen molar-refractivity contribution in [2.75, 3.05) is 17.7 Å². The summed E-state index contributed by atoms with van der Waals surface area (Å²) in [6.07, 6.45) is 3.04. The van der Waals surface area contributed by atoms with Crippen LogP contribution in [-0.4, -0.2) is 22.2 Å². The fourth-order valence-corrected chi connectivity index (χ4v) is 1.46. The lowest BCUT2D eigenvalue weighted by Gasteiger charge is -2.17. The van der Waals surface area contributed by atoms with E-state index >= 15 is 0 Å². The summed E-state index contributed by atoms with van der Waals surface area (Å²) >= 11 is 0. The second-order valence-corrected chi connectivity index (χ2v) is 3.59. The quantitative estimate of drug-likeness (QED) is 0.829. The molecule has 6 heteroatoms. The van der Waals surface area contributed by atoms with Gasteiger partial charge in [-0.3, -0.25) is 0 Å². The molecule has 0 radical (unpaired) electrons. The normalized spacial score (nSPS) is 10.4. The minimum absolute atomic E-state index is 0.546. The lowest BCUT2D eigenvalue weighted by Crippen LogP contribution is -2.19. The Kier molecular flexibility index (Phi) is 2.72. The van der Waals surface area contributed by atoms with Crippen molar-refractivity contribution in [1.29, 1.82) is 0 Å². The smallest absolute Gasteiger partial charge is 0.155 e. The van der Waals surface area contributed by atoms with Crippen molar-refractivity contribution in [3.63, 3.8) is 0 Å². The highest BCUT2D eigenvalue weighted by molar-refractivity contribution is 5.60. The van der Waals surface area contributed by atoms with Crippen LogP contribution < -0.4 is 10.6 Å². The van der Waals surface area contributed by atoms with Gasteiger partial charge in [-0.15, -0.1) is 0 Å². The summed E-state index contributed by atoms with van der Waals surface area (Å²) in [6, 6.07) is 1.88. The van der Waals surface area contributed by atoms with Crippen molar-refractivity contribution in [2.24, 2.45) is 0 Å². The summed E-state index contributed by atoms with van der Waals surface area (Å²) in [6.45, 7) is 2.45.